The summed E-state index contributed by atoms with van der Waals surface area (Å²) in [5.74, 6) is -0.117. The van der Waals surface area contributed by atoms with Crippen LogP contribution in [0.25, 0.3) is 0 Å². The predicted octanol–water partition coefficient (Wildman–Crippen LogP) is 3.31. The Hall–Kier alpha value is -1.06. The van der Waals surface area contributed by atoms with Crippen molar-refractivity contribution < 1.29 is 14.7 Å². The van der Waals surface area contributed by atoms with Gasteiger partial charge in [-0.1, -0.05) is 27.2 Å². The molecule has 0 aliphatic carbocycles. The molecule has 0 aromatic carbocycles. The molecular formula is C16H29NO3. The lowest BCUT2D eigenvalue weighted by Crippen LogP contribution is -2.34. The first-order valence-electron chi connectivity index (χ1n) is 7.80. The summed E-state index contributed by atoms with van der Waals surface area (Å²) in [7, 11) is 0. The molecule has 0 saturated carbocycles. The Morgan fingerprint density at radius 2 is 1.95 bits per heavy atom. The van der Waals surface area contributed by atoms with Gasteiger partial charge in [-0.2, -0.15) is 0 Å². The quantitative estimate of drug-likeness (QED) is 0.813. The topological polar surface area (TPSA) is 57.6 Å². The SMILES string of the molecule is CC(C)(C)C(CCC(=O)O)CCN1CCCCCC1=O. The van der Waals surface area contributed by atoms with Crippen molar-refractivity contribution in [1.29, 1.82) is 0 Å². The van der Waals surface area contributed by atoms with Crippen molar-refractivity contribution in [1.82, 2.24) is 4.90 Å². The van der Waals surface area contributed by atoms with E-state index in [1.165, 1.54) is 0 Å². The zero-order valence-electron chi connectivity index (χ0n) is 13.2. The van der Waals surface area contributed by atoms with E-state index in [2.05, 4.69) is 20.8 Å². The van der Waals surface area contributed by atoms with E-state index in [9.17, 15) is 9.59 Å². The number of carboxylic acids is 1. The van der Waals surface area contributed by atoms with Crippen LogP contribution >= 0.6 is 0 Å². The van der Waals surface area contributed by atoms with Gasteiger partial charge < -0.3 is 10.0 Å². The fourth-order valence-corrected chi connectivity index (χ4v) is 2.89. The summed E-state index contributed by atoms with van der Waals surface area (Å²) in [6.45, 7) is 8.12. The number of amides is 1. The largest absolute Gasteiger partial charge is 0.481 e. The second-order valence-corrected chi connectivity index (χ2v) is 6.98. The van der Waals surface area contributed by atoms with Crippen molar-refractivity contribution in [2.45, 2.75) is 65.7 Å². The van der Waals surface area contributed by atoms with E-state index in [-0.39, 0.29) is 17.7 Å². The van der Waals surface area contributed by atoms with Crippen molar-refractivity contribution in [3.05, 3.63) is 0 Å². The van der Waals surface area contributed by atoms with Gasteiger partial charge in [0.05, 0.1) is 0 Å². The third-order valence-corrected chi connectivity index (χ3v) is 4.35. The molecule has 0 bridgehead atoms. The third kappa shape index (κ3) is 5.93. The standard InChI is InChI=1S/C16H29NO3/c1-16(2,3)13(8-9-15(19)20)10-12-17-11-6-4-5-7-14(17)18/h13H,4-12H2,1-3H3,(H,19,20). The molecule has 1 aliphatic rings. The average Bonchev–Trinajstić information content (AvgIpc) is 2.52. The van der Waals surface area contributed by atoms with E-state index in [0.29, 0.717) is 18.8 Å². The molecule has 0 radical (unpaired) electrons. The Morgan fingerprint density at radius 3 is 2.55 bits per heavy atom. The monoisotopic (exact) mass is 283 g/mol. The van der Waals surface area contributed by atoms with Gasteiger partial charge in [-0.25, -0.2) is 0 Å². The molecule has 4 heteroatoms. The summed E-state index contributed by atoms with van der Waals surface area (Å²) in [6.07, 6.45) is 5.75. The van der Waals surface area contributed by atoms with Gasteiger partial charge in [0.1, 0.15) is 0 Å². The molecule has 0 aromatic heterocycles. The van der Waals surface area contributed by atoms with Gasteiger partial charge in [-0.05, 0) is 37.0 Å². The lowest BCUT2D eigenvalue weighted by atomic mass is 9.76. The molecular weight excluding hydrogens is 254 g/mol. The lowest BCUT2D eigenvalue weighted by molar-refractivity contribution is -0.137. The van der Waals surface area contributed by atoms with Crippen LogP contribution in [0.5, 0.6) is 0 Å². The van der Waals surface area contributed by atoms with Crippen LogP contribution in [0.3, 0.4) is 0 Å². The van der Waals surface area contributed by atoms with E-state index in [1.807, 2.05) is 4.90 Å². The first kappa shape index (κ1) is 17.0. The molecule has 1 heterocycles. The van der Waals surface area contributed by atoms with Crippen LogP contribution in [0, 0.1) is 11.3 Å². The Morgan fingerprint density at radius 1 is 1.25 bits per heavy atom. The highest BCUT2D eigenvalue weighted by molar-refractivity contribution is 5.76. The van der Waals surface area contributed by atoms with Gasteiger partial charge in [-0.15, -0.1) is 0 Å². The van der Waals surface area contributed by atoms with Gasteiger partial charge in [-0.3, -0.25) is 9.59 Å². The van der Waals surface area contributed by atoms with Crippen LogP contribution < -0.4 is 0 Å². The minimum Gasteiger partial charge on any atom is -0.481 e. The van der Waals surface area contributed by atoms with Crippen molar-refractivity contribution in [3.8, 4) is 0 Å². The normalized spacial score (nSPS) is 18.8. The van der Waals surface area contributed by atoms with E-state index in [0.717, 1.165) is 38.8 Å². The van der Waals surface area contributed by atoms with E-state index < -0.39 is 5.97 Å². The van der Waals surface area contributed by atoms with Gasteiger partial charge in [0.2, 0.25) is 5.91 Å². The Bertz CT molecular complexity index is 333. The van der Waals surface area contributed by atoms with Gasteiger partial charge in [0.15, 0.2) is 0 Å². The molecule has 20 heavy (non-hydrogen) atoms. The highest BCUT2D eigenvalue weighted by Gasteiger charge is 2.26. The van der Waals surface area contributed by atoms with Crippen LogP contribution in [0.2, 0.25) is 0 Å². The number of rotatable bonds is 6. The van der Waals surface area contributed by atoms with E-state index >= 15 is 0 Å². The highest BCUT2D eigenvalue weighted by Crippen LogP contribution is 2.33. The van der Waals surface area contributed by atoms with E-state index in [1.54, 1.807) is 0 Å². The Labute approximate surface area is 122 Å². The summed E-state index contributed by atoms with van der Waals surface area (Å²) in [6, 6.07) is 0. The van der Waals surface area contributed by atoms with Gasteiger partial charge in [0.25, 0.3) is 0 Å². The van der Waals surface area contributed by atoms with Crippen LogP contribution in [0.15, 0.2) is 0 Å². The van der Waals surface area contributed by atoms with Crippen molar-refractivity contribution >= 4 is 11.9 Å². The number of likely N-dealkylation sites (tertiary alicyclic amines) is 1. The summed E-state index contributed by atoms with van der Waals surface area (Å²) in [4.78, 5) is 24.7. The molecule has 4 nitrogen and oxygen atoms in total. The minimum atomic E-state index is -0.731. The maximum atomic E-state index is 12.0. The van der Waals surface area contributed by atoms with Crippen LogP contribution in [-0.2, 0) is 9.59 Å². The molecule has 0 aromatic rings. The zero-order chi connectivity index (χ0) is 15.2. The maximum Gasteiger partial charge on any atom is 0.303 e. The Balaban J connectivity index is 2.51. The molecule has 1 saturated heterocycles. The fourth-order valence-electron chi connectivity index (χ4n) is 2.89. The summed E-state index contributed by atoms with van der Waals surface area (Å²) >= 11 is 0. The molecule has 1 aliphatic heterocycles. The predicted molar refractivity (Wildman–Crippen MR) is 79.5 cm³/mol. The second kappa shape index (κ2) is 7.65. The number of nitrogens with zero attached hydrogens (tertiary/aromatic N) is 1. The molecule has 1 unspecified atom stereocenters. The summed E-state index contributed by atoms with van der Waals surface area (Å²) in [5.41, 5.74) is 0.0876. The van der Waals surface area contributed by atoms with Crippen LogP contribution in [-0.4, -0.2) is 35.0 Å². The zero-order valence-corrected chi connectivity index (χ0v) is 13.2. The number of hydrogen-bond acceptors (Lipinski definition) is 2. The first-order valence-corrected chi connectivity index (χ1v) is 7.80. The number of aliphatic carboxylic acids is 1. The minimum absolute atomic E-state index is 0.0876. The van der Waals surface area contributed by atoms with Crippen molar-refractivity contribution in [2.75, 3.05) is 13.1 Å². The molecule has 1 atom stereocenters. The summed E-state index contributed by atoms with van der Waals surface area (Å²) in [5, 5.41) is 8.86. The second-order valence-electron chi connectivity index (χ2n) is 6.98. The van der Waals surface area contributed by atoms with Gasteiger partial charge in [0, 0.05) is 25.9 Å². The smallest absolute Gasteiger partial charge is 0.303 e. The lowest BCUT2D eigenvalue weighted by Gasteiger charge is -2.32. The van der Waals surface area contributed by atoms with E-state index in [4.69, 9.17) is 5.11 Å². The van der Waals surface area contributed by atoms with Gasteiger partial charge >= 0.3 is 5.97 Å². The molecule has 1 fully saturated rings. The third-order valence-electron chi connectivity index (χ3n) is 4.35. The highest BCUT2D eigenvalue weighted by atomic mass is 16.4. The Kier molecular flexibility index (Phi) is 6.50. The molecule has 1 amide bonds. The van der Waals surface area contributed by atoms with Crippen molar-refractivity contribution in [2.24, 2.45) is 11.3 Å². The van der Waals surface area contributed by atoms with Crippen LogP contribution in [0.1, 0.15) is 65.7 Å². The first-order chi connectivity index (χ1) is 9.30. The average molecular weight is 283 g/mol. The molecule has 116 valence electrons. The maximum absolute atomic E-state index is 12.0. The van der Waals surface area contributed by atoms with Crippen LogP contribution in [0.4, 0.5) is 0 Å². The molecule has 0 spiro atoms. The molecule has 1 rings (SSSR count). The number of carbonyl (C=O) groups is 2. The fraction of sp³-hybridized carbons (Fsp3) is 0.875. The number of carboxylic acid groups (broad SMARTS) is 1. The van der Waals surface area contributed by atoms with Crippen molar-refractivity contribution in [3.63, 3.8) is 0 Å². The summed E-state index contributed by atoms with van der Waals surface area (Å²) < 4.78 is 0. The number of carbonyl (C=O) groups excluding carboxylic acids is 1. The number of hydrogen-bond donors (Lipinski definition) is 1. The molecule has 1 N–H and O–H groups in total.